The minimum atomic E-state index is -0.408. The van der Waals surface area contributed by atoms with E-state index in [9.17, 15) is 0 Å². The number of alkyl halides is 3. The van der Waals surface area contributed by atoms with Crippen LogP contribution in [0.15, 0.2) is 18.2 Å². The maximum absolute atomic E-state index is 6.04. The van der Waals surface area contributed by atoms with E-state index in [2.05, 4.69) is 19.1 Å². The topological polar surface area (TPSA) is 0 Å². The number of halogens is 2. The molecule has 1 aromatic rings. The van der Waals surface area contributed by atoms with Gasteiger partial charge in [-0.25, -0.2) is 0 Å². The minimum absolute atomic E-state index is 0.408. The summed E-state index contributed by atoms with van der Waals surface area (Å²) in [6.07, 6.45) is 0. The zero-order valence-electron chi connectivity index (χ0n) is 7.11. The fourth-order valence-corrected chi connectivity index (χ4v) is 6.35. The fraction of sp³-hybridized carbons (Fsp3) is 0.400. The van der Waals surface area contributed by atoms with Crippen molar-refractivity contribution in [2.75, 3.05) is 8.86 Å². The summed E-state index contributed by atoms with van der Waals surface area (Å²) in [5.41, 5.74) is 2.81. The van der Waals surface area contributed by atoms with Gasteiger partial charge in [0.05, 0.1) is 0 Å². The van der Waals surface area contributed by atoms with Gasteiger partial charge in [-0.3, -0.25) is 0 Å². The van der Waals surface area contributed by atoms with Crippen LogP contribution in [0.4, 0.5) is 0 Å². The second kappa shape index (κ2) is 3.54. The zero-order chi connectivity index (χ0) is 8.55. The number of benzene rings is 1. The third-order valence-electron chi connectivity index (χ3n) is 2.17. The van der Waals surface area contributed by atoms with E-state index in [4.69, 9.17) is 11.6 Å². The first kappa shape index (κ1) is 8.82. The summed E-state index contributed by atoms with van der Waals surface area (Å²) in [7, 11) is 0. The summed E-state index contributed by atoms with van der Waals surface area (Å²) in [5.74, 6) is 0. The molecule has 0 aromatic heterocycles. The van der Waals surface area contributed by atoms with Crippen molar-refractivity contribution in [2.45, 2.75) is 11.4 Å². The summed E-state index contributed by atoms with van der Waals surface area (Å²) in [6, 6.07) is 6.29. The molecular formula is C10H12ClI. The second-order valence-electron chi connectivity index (χ2n) is 3.10. The van der Waals surface area contributed by atoms with E-state index >= 15 is 0 Å². The van der Waals surface area contributed by atoms with Crippen LogP contribution in [0.5, 0.6) is 0 Å². The van der Waals surface area contributed by atoms with E-state index in [-0.39, 0.29) is 0 Å². The number of rotatable bonds is 2. The Labute approximate surface area is 85.7 Å². The van der Waals surface area contributed by atoms with Crippen LogP contribution < -0.4 is 0 Å². The Morgan fingerprint density at radius 3 is 2.83 bits per heavy atom. The van der Waals surface area contributed by atoms with Crippen LogP contribution in [-0.4, -0.2) is 8.86 Å². The molecule has 1 heterocycles. The zero-order valence-corrected chi connectivity index (χ0v) is 10.0. The molecule has 0 aliphatic carbocycles. The SMILES string of the molecule is Cc1c(Cl)cccc1CI1CC1. The molecule has 0 radical (unpaired) electrons. The van der Waals surface area contributed by atoms with Gasteiger partial charge in [0.25, 0.3) is 0 Å². The third-order valence-corrected chi connectivity index (χ3v) is 7.08. The molecule has 2 heteroatoms. The van der Waals surface area contributed by atoms with E-state index in [1.807, 2.05) is 6.07 Å². The number of hydrogen-bond donors (Lipinski definition) is 0. The first-order chi connectivity index (χ1) is 5.77. The van der Waals surface area contributed by atoms with E-state index in [0.717, 1.165) is 5.02 Å². The van der Waals surface area contributed by atoms with Gasteiger partial charge in [0.1, 0.15) is 0 Å². The summed E-state index contributed by atoms with van der Waals surface area (Å²) in [5, 5.41) is 0.935. The van der Waals surface area contributed by atoms with Crippen LogP contribution in [0.1, 0.15) is 11.1 Å². The molecule has 1 aromatic carbocycles. The molecule has 1 fully saturated rings. The van der Waals surface area contributed by atoms with Crippen molar-refractivity contribution in [1.82, 2.24) is 0 Å². The van der Waals surface area contributed by atoms with Crippen LogP contribution in [0.25, 0.3) is 0 Å². The molecule has 1 saturated heterocycles. The van der Waals surface area contributed by atoms with Gasteiger partial charge in [0, 0.05) is 0 Å². The summed E-state index contributed by atoms with van der Waals surface area (Å²) in [4.78, 5) is 0. The average molecular weight is 295 g/mol. The van der Waals surface area contributed by atoms with E-state index in [1.54, 1.807) is 8.86 Å². The van der Waals surface area contributed by atoms with Gasteiger partial charge in [-0.05, 0) is 0 Å². The Hall–Kier alpha value is 0.240. The Balaban J connectivity index is 2.23. The van der Waals surface area contributed by atoms with Crippen LogP contribution in [-0.2, 0) is 4.43 Å². The monoisotopic (exact) mass is 294 g/mol. The van der Waals surface area contributed by atoms with Gasteiger partial charge >= 0.3 is 86.0 Å². The summed E-state index contributed by atoms with van der Waals surface area (Å²) in [6.45, 7) is 2.14. The first-order valence-electron chi connectivity index (χ1n) is 4.09. The molecule has 0 amide bonds. The molecule has 0 N–H and O–H groups in total. The molecule has 1 aliphatic rings. The van der Waals surface area contributed by atoms with Crippen molar-refractivity contribution in [3.63, 3.8) is 0 Å². The molecule has 0 spiro atoms. The van der Waals surface area contributed by atoms with Gasteiger partial charge in [-0.1, -0.05) is 0 Å². The van der Waals surface area contributed by atoms with Crippen molar-refractivity contribution in [3.05, 3.63) is 34.3 Å². The van der Waals surface area contributed by atoms with Gasteiger partial charge in [0.2, 0.25) is 0 Å². The Kier molecular flexibility index (Phi) is 2.60. The molecule has 0 bridgehead atoms. The molecular weight excluding hydrogens is 282 g/mol. The molecule has 0 atom stereocenters. The van der Waals surface area contributed by atoms with Gasteiger partial charge < -0.3 is 0 Å². The van der Waals surface area contributed by atoms with Crippen molar-refractivity contribution in [3.8, 4) is 0 Å². The summed E-state index contributed by atoms with van der Waals surface area (Å²) >= 11 is 5.63. The fourth-order valence-electron chi connectivity index (χ4n) is 1.18. The van der Waals surface area contributed by atoms with E-state index < -0.39 is 19.8 Å². The van der Waals surface area contributed by atoms with Crippen molar-refractivity contribution >= 4 is 31.4 Å². The van der Waals surface area contributed by atoms with E-state index in [1.165, 1.54) is 15.6 Å². The van der Waals surface area contributed by atoms with Crippen molar-refractivity contribution in [1.29, 1.82) is 0 Å². The quantitative estimate of drug-likeness (QED) is 0.577. The molecule has 0 saturated carbocycles. The van der Waals surface area contributed by atoms with E-state index in [0.29, 0.717) is 0 Å². The van der Waals surface area contributed by atoms with Crippen molar-refractivity contribution < 1.29 is 0 Å². The average Bonchev–Trinajstić information content (AvgIpc) is 2.83. The maximum atomic E-state index is 6.04. The molecule has 0 nitrogen and oxygen atoms in total. The predicted octanol–water partition coefficient (Wildman–Crippen LogP) is 3.67. The Morgan fingerprint density at radius 1 is 1.42 bits per heavy atom. The second-order valence-corrected chi connectivity index (χ2v) is 9.67. The van der Waals surface area contributed by atoms with Crippen LogP contribution in [0.3, 0.4) is 0 Å². The molecule has 1 aliphatic heterocycles. The van der Waals surface area contributed by atoms with Crippen molar-refractivity contribution in [2.24, 2.45) is 0 Å². The molecule has 66 valence electrons. The van der Waals surface area contributed by atoms with Crippen LogP contribution in [0, 0.1) is 6.92 Å². The molecule has 2 rings (SSSR count). The Bertz CT molecular complexity index is 292. The normalized spacial score (nSPS) is 18.0. The predicted molar refractivity (Wildman–Crippen MR) is 63.6 cm³/mol. The molecule has 0 unspecified atom stereocenters. The summed E-state index contributed by atoms with van der Waals surface area (Å²) < 4.78 is 4.52. The van der Waals surface area contributed by atoms with Gasteiger partial charge in [0.15, 0.2) is 0 Å². The Morgan fingerprint density at radius 2 is 2.17 bits per heavy atom. The standard InChI is InChI=1S/C10H12ClI/c1-8-9(7-12-5-6-12)3-2-4-10(8)11/h2-4H,5-7H2,1H3. The third kappa shape index (κ3) is 1.94. The van der Waals surface area contributed by atoms with Crippen LogP contribution >= 0.6 is 31.4 Å². The van der Waals surface area contributed by atoms with Gasteiger partial charge in [-0.15, -0.1) is 0 Å². The first-order valence-corrected chi connectivity index (χ1v) is 9.04. The van der Waals surface area contributed by atoms with Crippen LogP contribution in [0.2, 0.25) is 5.02 Å². The molecule has 12 heavy (non-hydrogen) atoms. The number of hydrogen-bond acceptors (Lipinski definition) is 0. The van der Waals surface area contributed by atoms with Gasteiger partial charge in [-0.2, -0.15) is 0 Å².